The lowest BCUT2D eigenvalue weighted by Crippen LogP contribution is -2.38. The van der Waals surface area contributed by atoms with Crippen molar-refractivity contribution >= 4 is 11.6 Å². The molecule has 0 bridgehead atoms. The molecule has 0 radical (unpaired) electrons. The fourth-order valence-corrected chi connectivity index (χ4v) is 3.90. The molecule has 2 aliphatic rings. The van der Waals surface area contributed by atoms with Gasteiger partial charge in [0.25, 0.3) is 0 Å². The molecule has 0 spiro atoms. The third-order valence-electron chi connectivity index (χ3n) is 5.34. The van der Waals surface area contributed by atoms with Gasteiger partial charge in [-0.05, 0) is 49.4 Å². The zero-order valence-electron chi connectivity index (χ0n) is 14.6. The molecule has 1 aromatic rings. The van der Waals surface area contributed by atoms with Crippen LogP contribution in [0, 0.1) is 18.8 Å². The van der Waals surface area contributed by atoms with Gasteiger partial charge in [0.1, 0.15) is 0 Å². The molecule has 1 saturated heterocycles. The minimum absolute atomic E-state index is 0.0901. The van der Waals surface area contributed by atoms with E-state index in [-0.39, 0.29) is 11.8 Å². The highest BCUT2D eigenvalue weighted by Gasteiger charge is 2.31. The minimum Gasteiger partial charge on any atom is -0.378 e. The lowest BCUT2D eigenvalue weighted by atomic mass is 9.95. The number of morpholine rings is 1. The molecule has 1 saturated carbocycles. The first kappa shape index (κ1) is 17.2. The van der Waals surface area contributed by atoms with Gasteiger partial charge in [-0.15, -0.1) is 0 Å². The Kier molecular flexibility index (Phi) is 5.74. The van der Waals surface area contributed by atoms with Crippen LogP contribution in [0.2, 0.25) is 0 Å². The summed E-state index contributed by atoms with van der Waals surface area (Å²) in [6.07, 6.45) is 3.17. The first-order valence-electron chi connectivity index (χ1n) is 9.09. The molecule has 5 nitrogen and oxygen atoms in total. The van der Waals surface area contributed by atoms with Gasteiger partial charge in [0, 0.05) is 31.2 Å². The van der Waals surface area contributed by atoms with E-state index in [0.717, 1.165) is 45.6 Å². The average Bonchev–Trinajstić information content (AvgIpc) is 3.10. The second-order valence-electron chi connectivity index (χ2n) is 6.98. The smallest absolute Gasteiger partial charge is 0.223 e. The van der Waals surface area contributed by atoms with E-state index < -0.39 is 0 Å². The summed E-state index contributed by atoms with van der Waals surface area (Å²) in [5.74, 6) is 0.602. The first-order chi connectivity index (χ1) is 11.7. The van der Waals surface area contributed by atoms with Crippen LogP contribution in [0.25, 0.3) is 0 Å². The summed E-state index contributed by atoms with van der Waals surface area (Å²) in [5.41, 5.74) is 9.45. The number of nitrogens with one attached hydrogen (secondary N) is 1. The third kappa shape index (κ3) is 3.90. The number of hydrogen-bond donors (Lipinski definition) is 2. The second-order valence-corrected chi connectivity index (χ2v) is 6.98. The van der Waals surface area contributed by atoms with Gasteiger partial charge in [0.2, 0.25) is 5.91 Å². The summed E-state index contributed by atoms with van der Waals surface area (Å²) >= 11 is 0. The molecule has 0 unspecified atom stereocenters. The number of hydrogen-bond acceptors (Lipinski definition) is 4. The fourth-order valence-electron chi connectivity index (χ4n) is 3.90. The third-order valence-corrected chi connectivity index (χ3v) is 5.34. The first-order valence-corrected chi connectivity index (χ1v) is 9.09. The zero-order valence-corrected chi connectivity index (χ0v) is 14.6. The number of carbonyl (C=O) groups is 1. The normalized spacial score (nSPS) is 24.2. The highest BCUT2D eigenvalue weighted by atomic mass is 16.5. The Bertz CT molecular complexity index is 570. The molecule has 1 heterocycles. The summed E-state index contributed by atoms with van der Waals surface area (Å²) in [7, 11) is 0. The number of rotatable bonds is 5. The number of nitrogens with two attached hydrogens (primary N) is 1. The zero-order chi connectivity index (χ0) is 16.9. The van der Waals surface area contributed by atoms with Crippen molar-refractivity contribution in [3.63, 3.8) is 0 Å². The molecule has 1 amide bonds. The maximum atomic E-state index is 12.5. The molecular weight excluding hydrogens is 302 g/mol. The molecule has 2 fully saturated rings. The molecule has 1 aromatic carbocycles. The molecule has 2 atom stereocenters. The maximum Gasteiger partial charge on any atom is 0.223 e. The Morgan fingerprint density at radius 1 is 1.33 bits per heavy atom. The number of nitrogens with zero attached hydrogens (tertiary/aromatic N) is 1. The van der Waals surface area contributed by atoms with Crippen molar-refractivity contribution < 1.29 is 9.53 Å². The molecule has 5 heteroatoms. The largest absolute Gasteiger partial charge is 0.378 e. The van der Waals surface area contributed by atoms with E-state index in [9.17, 15) is 4.79 Å². The van der Waals surface area contributed by atoms with Gasteiger partial charge >= 0.3 is 0 Å². The Morgan fingerprint density at radius 2 is 2.12 bits per heavy atom. The highest BCUT2D eigenvalue weighted by molar-refractivity contribution is 5.79. The summed E-state index contributed by atoms with van der Waals surface area (Å²) in [6, 6.07) is 6.46. The van der Waals surface area contributed by atoms with Gasteiger partial charge in [-0.2, -0.15) is 0 Å². The van der Waals surface area contributed by atoms with Crippen LogP contribution >= 0.6 is 0 Å². The Hall–Kier alpha value is -1.59. The quantitative estimate of drug-likeness (QED) is 0.864. The van der Waals surface area contributed by atoms with E-state index in [4.69, 9.17) is 10.5 Å². The number of benzene rings is 1. The minimum atomic E-state index is 0.0901. The Morgan fingerprint density at radius 3 is 2.88 bits per heavy atom. The van der Waals surface area contributed by atoms with Crippen molar-refractivity contribution in [2.24, 2.45) is 17.6 Å². The monoisotopic (exact) mass is 331 g/mol. The Labute approximate surface area is 144 Å². The van der Waals surface area contributed by atoms with Crippen LogP contribution in [0.15, 0.2) is 18.2 Å². The predicted octanol–water partition coefficient (Wildman–Crippen LogP) is 1.82. The molecule has 3 N–H and O–H groups in total. The van der Waals surface area contributed by atoms with Crippen LogP contribution in [0.3, 0.4) is 0 Å². The topological polar surface area (TPSA) is 67.6 Å². The van der Waals surface area contributed by atoms with Gasteiger partial charge in [-0.25, -0.2) is 0 Å². The number of amides is 1. The lowest BCUT2D eigenvalue weighted by molar-refractivity contribution is -0.126. The van der Waals surface area contributed by atoms with E-state index in [2.05, 4.69) is 35.3 Å². The van der Waals surface area contributed by atoms with E-state index >= 15 is 0 Å². The van der Waals surface area contributed by atoms with Crippen molar-refractivity contribution in [1.82, 2.24) is 5.32 Å². The summed E-state index contributed by atoms with van der Waals surface area (Å²) in [5, 5.41) is 3.15. The average molecular weight is 331 g/mol. The number of carbonyl (C=O) groups excluding carboxylic acids is 1. The summed E-state index contributed by atoms with van der Waals surface area (Å²) in [6.45, 7) is 6.64. The molecule has 3 rings (SSSR count). The van der Waals surface area contributed by atoms with Gasteiger partial charge in [-0.3, -0.25) is 4.79 Å². The maximum absolute atomic E-state index is 12.5. The van der Waals surface area contributed by atoms with Crippen LogP contribution in [0.5, 0.6) is 0 Å². The predicted molar refractivity (Wildman–Crippen MR) is 95.9 cm³/mol. The van der Waals surface area contributed by atoms with Gasteiger partial charge in [0.05, 0.1) is 13.2 Å². The van der Waals surface area contributed by atoms with Crippen LogP contribution in [-0.2, 0) is 16.1 Å². The van der Waals surface area contributed by atoms with Crippen LogP contribution in [-0.4, -0.2) is 38.8 Å². The van der Waals surface area contributed by atoms with E-state index in [0.29, 0.717) is 19.0 Å². The molecule has 1 aliphatic heterocycles. The lowest BCUT2D eigenvalue weighted by Gasteiger charge is -2.31. The van der Waals surface area contributed by atoms with Crippen molar-refractivity contribution in [1.29, 1.82) is 0 Å². The van der Waals surface area contributed by atoms with Crippen molar-refractivity contribution in [3.05, 3.63) is 29.3 Å². The fraction of sp³-hybridized carbons (Fsp3) is 0.632. The summed E-state index contributed by atoms with van der Waals surface area (Å²) < 4.78 is 5.46. The van der Waals surface area contributed by atoms with E-state index in [1.807, 2.05) is 0 Å². The van der Waals surface area contributed by atoms with Gasteiger partial charge < -0.3 is 20.7 Å². The summed E-state index contributed by atoms with van der Waals surface area (Å²) in [4.78, 5) is 14.9. The second kappa shape index (κ2) is 7.99. The van der Waals surface area contributed by atoms with E-state index in [1.165, 1.54) is 16.8 Å². The molecule has 1 aliphatic carbocycles. The molecule has 132 valence electrons. The van der Waals surface area contributed by atoms with Gasteiger partial charge in [-0.1, -0.05) is 18.6 Å². The molecule has 24 heavy (non-hydrogen) atoms. The van der Waals surface area contributed by atoms with Crippen molar-refractivity contribution in [3.8, 4) is 0 Å². The molecule has 0 aromatic heterocycles. The van der Waals surface area contributed by atoms with Crippen LogP contribution in [0.4, 0.5) is 5.69 Å². The Balaban J connectivity index is 1.67. The highest BCUT2D eigenvalue weighted by Crippen LogP contribution is 2.31. The van der Waals surface area contributed by atoms with Crippen molar-refractivity contribution in [2.45, 2.75) is 32.7 Å². The van der Waals surface area contributed by atoms with Crippen LogP contribution < -0.4 is 16.0 Å². The number of aryl methyl sites for hydroxylation is 1. The van der Waals surface area contributed by atoms with Crippen molar-refractivity contribution in [2.75, 3.05) is 37.7 Å². The number of anilines is 1. The standard InChI is InChI=1S/C19H29N3O2/c1-14-5-6-16(18(11-14)22-7-9-24-10-8-22)13-21-19(23)17-4-2-3-15(17)12-20/h5-6,11,15,17H,2-4,7-10,12-13,20H2,1H3,(H,21,23)/t15-,17-/m1/s1. The van der Waals surface area contributed by atoms with Crippen LogP contribution in [0.1, 0.15) is 30.4 Å². The number of ether oxygens (including phenoxy) is 1. The SMILES string of the molecule is Cc1ccc(CNC(=O)[C@@H]2CCC[C@@H]2CN)c(N2CCOCC2)c1. The van der Waals surface area contributed by atoms with Gasteiger partial charge in [0.15, 0.2) is 0 Å². The molecular formula is C19H29N3O2. The van der Waals surface area contributed by atoms with E-state index in [1.54, 1.807) is 0 Å².